The number of aliphatic hydroxyl groups is 1. The Labute approximate surface area is 88.9 Å². The standard InChI is InChI=1S/C11H15NO3/c1-8(13)11(14)12-7-9-3-5-10(15-2)6-4-9/h3-6,8,13H,7H2,1-2H3,(H,12,14). The first-order valence-electron chi connectivity index (χ1n) is 4.72. The van der Waals surface area contributed by atoms with Crippen molar-refractivity contribution in [2.24, 2.45) is 0 Å². The maximum atomic E-state index is 11.1. The van der Waals surface area contributed by atoms with Crippen molar-refractivity contribution >= 4 is 5.91 Å². The number of benzene rings is 1. The van der Waals surface area contributed by atoms with Gasteiger partial charge in [0.1, 0.15) is 11.9 Å². The summed E-state index contributed by atoms with van der Waals surface area (Å²) in [6.45, 7) is 1.84. The zero-order valence-corrected chi connectivity index (χ0v) is 8.86. The third-order valence-corrected chi connectivity index (χ3v) is 2.01. The number of methoxy groups -OCH3 is 1. The van der Waals surface area contributed by atoms with E-state index in [1.54, 1.807) is 7.11 Å². The quantitative estimate of drug-likeness (QED) is 0.767. The Morgan fingerprint density at radius 2 is 2.07 bits per heavy atom. The average molecular weight is 209 g/mol. The first-order chi connectivity index (χ1) is 7.13. The summed E-state index contributed by atoms with van der Waals surface area (Å²) in [6, 6.07) is 7.37. The van der Waals surface area contributed by atoms with Gasteiger partial charge in [-0.15, -0.1) is 0 Å². The monoisotopic (exact) mass is 209 g/mol. The van der Waals surface area contributed by atoms with E-state index >= 15 is 0 Å². The number of aliphatic hydroxyl groups excluding tert-OH is 1. The number of hydrogen-bond donors (Lipinski definition) is 2. The lowest BCUT2D eigenvalue weighted by Crippen LogP contribution is -2.31. The van der Waals surface area contributed by atoms with Crippen LogP contribution < -0.4 is 10.1 Å². The molecule has 1 aromatic carbocycles. The fourth-order valence-electron chi connectivity index (χ4n) is 1.08. The molecule has 0 heterocycles. The summed E-state index contributed by atoms with van der Waals surface area (Å²) in [6.07, 6.45) is -0.969. The molecule has 4 heteroatoms. The highest BCUT2D eigenvalue weighted by Crippen LogP contribution is 2.10. The Morgan fingerprint density at radius 1 is 1.47 bits per heavy atom. The summed E-state index contributed by atoms with van der Waals surface area (Å²) in [5.41, 5.74) is 0.963. The maximum absolute atomic E-state index is 11.1. The molecule has 1 atom stereocenters. The van der Waals surface area contributed by atoms with Gasteiger partial charge in [-0.05, 0) is 24.6 Å². The van der Waals surface area contributed by atoms with E-state index < -0.39 is 6.10 Å². The van der Waals surface area contributed by atoms with Gasteiger partial charge in [-0.25, -0.2) is 0 Å². The van der Waals surface area contributed by atoms with Crippen molar-refractivity contribution in [2.75, 3.05) is 7.11 Å². The van der Waals surface area contributed by atoms with Crippen LogP contribution in [-0.4, -0.2) is 24.2 Å². The highest BCUT2D eigenvalue weighted by atomic mass is 16.5. The van der Waals surface area contributed by atoms with E-state index in [4.69, 9.17) is 9.84 Å². The number of carbonyl (C=O) groups is 1. The molecular formula is C11H15NO3. The summed E-state index contributed by atoms with van der Waals surface area (Å²) < 4.78 is 5.01. The number of amides is 1. The van der Waals surface area contributed by atoms with Crippen molar-refractivity contribution in [2.45, 2.75) is 19.6 Å². The predicted octanol–water partition coefficient (Wildman–Crippen LogP) is 0.692. The Balaban J connectivity index is 2.47. The molecule has 0 saturated heterocycles. The van der Waals surface area contributed by atoms with Gasteiger partial charge in [0.25, 0.3) is 0 Å². The minimum Gasteiger partial charge on any atom is -0.497 e. The smallest absolute Gasteiger partial charge is 0.248 e. The van der Waals surface area contributed by atoms with Crippen molar-refractivity contribution < 1.29 is 14.6 Å². The molecular weight excluding hydrogens is 194 g/mol. The first kappa shape index (κ1) is 11.5. The molecule has 0 aliphatic rings. The second kappa shape index (κ2) is 5.36. The molecule has 1 unspecified atom stereocenters. The summed E-state index contributed by atoms with van der Waals surface area (Å²) in [5.74, 6) is 0.409. The predicted molar refractivity (Wildman–Crippen MR) is 56.5 cm³/mol. The number of nitrogens with one attached hydrogen (secondary N) is 1. The van der Waals surface area contributed by atoms with Gasteiger partial charge in [-0.1, -0.05) is 12.1 Å². The molecule has 0 radical (unpaired) electrons. The molecule has 0 bridgehead atoms. The van der Waals surface area contributed by atoms with Gasteiger partial charge in [0, 0.05) is 6.54 Å². The zero-order chi connectivity index (χ0) is 11.3. The van der Waals surface area contributed by atoms with Crippen molar-refractivity contribution in [3.05, 3.63) is 29.8 Å². The molecule has 4 nitrogen and oxygen atoms in total. The summed E-state index contributed by atoms with van der Waals surface area (Å²) in [7, 11) is 1.60. The first-order valence-corrected chi connectivity index (χ1v) is 4.72. The van der Waals surface area contributed by atoms with Crippen LogP contribution in [0.2, 0.25) is 0 Å². The van der Waals surface area contributed by atoms with E-state index in [-0.39, 0.29) is 5.91 Å². The number of carbonyl (C=O) groups excluding carboxylic acids is 1. The lowest BCUT2D eigenvalue weighted by molar-refractivity contribution is -0.128. The van der Waals surface area contributed by atoms with Gasteiger partial charge in [-0.2, -0.15) is 0 Å². The second-order valence-electron chi connectivity index (χ2n) is 3.24. The van der Waals surface area contributed by atoms with Crippen molar-refractivity contribution in [3.8, 4) is 5.75 Å². The molecule has 0 aliphatic carbocycles. The van der Waals surface area contributed by atoms with Crippen LogP contribution in [-0.2, 0) is 11.3 Å². The molecule has 0 aromatic heterocycles. The van der Waals surface area contributed by atoms with E-state index in [9.17, 15) is 4.79 Å². The van der Waals surface area contributed by atoms with Crippen LogP contribution >= 0.6 is 0 Å². The SMILES string of the molecule is COc1ccc(CNC(=O)C(C)O)cc1. The van der Waals surface area contributed by atoms with Crippen LogP contribution in [0, 0.1) is 0 Å². The van der Waals surface area contributed by atoms with E-state index in [1.165, 1.54) is 6.92 Å². The van der Waals surface area contributed by atoms with Crippen LogP contribution in [0.5, 0.6) is 5.75 Å². The fraction of sp³-hybridized carbons (Fsp3) is 0.364. The van der Waals surface area contributed by atoms with E-state index in [0.29, 0.717) is 6.54 Å². The molecule has 82 valence electrons. The Hall–Kier alpha value is -1.55. The zero-order valence-electron chi connectivity index (χ0n) is 8.86. The second-order valence-corrected chi connectivity index (χ2v) is 3.24. The van der Waals surface area contributed by atoms with E-state index in [0.717, 1.165) is 11.3 Å². The topological polar surface area (TPSA) is 58.6 Å². The largest absolute Gasteiger partial charge is 0.497 e. The van der Waals surface area contributed by atoms with E-state index in [1.807, 2.05) is 24.3 Å². The molecule has 0 saturated carbocycles. The molecule has 15 heavy (non-hydrogen) atoms. The number of rotatable bonds is 4. The van der Waals surface area contributed by atoms with Crippen LogP contribution in [0.25, 0.3) is 0 Å². The molecule has 1 aromatic rings. The lowest BCUT2D eigenvalue weighted by atomic mass is 10.2. The fourth-order valence-corrected chi connectivity index (χ4v) is 1.08. The molecule has 1 rings (SSSR count). The Bertz CT molecular complexity index is 319. The van der Waals surface area contributed by atoms with Crippen LogP contribution in [0.1, 0.15) is 12.5 Å². The summed E-state index contributed by atoms with van der Waals surface area (Å²) in [4.78, 5) is 11.1. The number of hydrogen-bond acceptors (Lipinski definition) is 3. The molecule has 0 aliphatic heterocycles. The number of ether oxygens (including phenoxy) is 1. The summed E-state index contributed by atoms with van der Waals surface area (Å²) >= 11 is 0. The molecule has 2 N–H and O–H groups in total. The van der Waals surface area contributed by atoms with Crippen molar-refractivity contribution in [1.29, 1.82) is 0 Å². The van der Waals surface area contributed by atoms with Gasteiger partial charge >= 0.3 is 0 Å². The Kier molecular flexibility index (Phi) is 4.12. The third-order valence-electron chi connectivity index (χ3n) is 2.01. The lowest BCUT2D eigenvalue weighted by Gasteiger charge is -2.07. The normalized spacial score (nSPS) is 11.9. The molecule has 1 amide bonds. The van der Waals surface area contributed by atoms with Gasteiger partial charge in [0.2, 0.25) is 5.91 Å². The minimum atomic E-state index is -0.969. The average Bonchev–Trinajstić information content (AvgIpc) is 2.26. The van der Waals surface area contributed by atoms with Crippen LogP contribution in [0.3, 0.4) is 0 Å². The van der Waals surface area contributed by atoms with Gasteiger partial charge < -0.3 is 15.2 Å². The maximum Gasteiger partial charge on any atom is 0.248 e. The van der Waals surface area contributed by atoms with Gasteiger partial charge in [0.15, 0.2) is 0 Å². The van der Waals surface area contributed by atoms with E-state index in [2.05, 4.69) is 5.32 Å². The van der Waals surface area contributed by atoms with Crippen LogP contribution in [0.4, 0.5) is 0 Å². The third kappa shape index (κ3) is 3.59. The molecule has 0 fully saturated rings. The van der Waals surface area contributed by atoms with Crippen molar-refractivity contribution in [3.63, 3.8) is 0 Å². The van der Waals surface area contributed by atoms with Crippen LogP contribution in [0.15, 0.2) is 24.3 Å². The highest BCUT2D eigenvalue weighted by Gasteiger charge is 2.07. The molecule has 0 spiro atoms. The minimum absolute atomic E-state index is 0.370. The van der Waals surface area contributed by atoms with Gasteiger partial charge in [0.05, 0.1) is 7.11 Å². The van der Waals surface area contributed by atoms with Gasteiger partial charge in [-0.3, -0.25) is 4.79 Å². The summed E-state index contributed by atoms with van der Waals surface area (Å²) in [5, 5.41) is 11.6. The van der Waals surface area contributed by atoms with Crippen molar-refractivity contribution in [1.82, 2.24) is 5.32 Å². The Morgan fingerprint density at radius 3 is 2.53 bits per heavy atom. The highest BCUT2D eigenvalue weighted by molar-refractivity contribution is 5.79.